The van der Waals surface area contributed by atoms with Crippen molar-refractivity contribution in [3.63, 3.8) is 0 Å². The van der Waals surface area contributed by atoms with Gasteiger partial charge in [0, 0.05) is 11.6 Å². The van der Waals surface area contributed by atoms with Crippen LogP contribution < -0.4 is 5.32 Å². The number of amides is 1. The number of halogens is 1. The van der Waals surface area contributed by atoms with Crippen molar-refractivity contribution in [1.82, 2.24) is 5.16 Å². The van der Waals surface area contributed by atoms with Crippen LogP contribution in [-0.2, 0) is 4.74 Å². The molecule has 1 aromatic carbocycles. The third kappa shape index (κ3) is 3.33. The molecule has 1 amide bonds. The Bertz CT molecular complexity index is 903. The molecule has 0 saturated heterocycles. The highest BCUT2D eigenvalue weighted by molar-refractivity contribution is 7.18. The minimum Gasteiger partial charge on any atom is -0.465 e. The van der Waals surface area contributed by atoms with E-state index in [1.54, 1.807) is 24.3 Å². The first-order chi connectivity index (χ1) is 11.6. The molecule has 2 heterocycles. The third-order valence-corrected chi connectivity index (χ3v) is 4.06. The SMILES string of the molecule is COC(=O)c1ccc(NC(=O)c2cc(-c3cccc(F)c3)no2)s1. The van der Waals surface area contributed by atoms with Crippen LogP contribution in [0, 0.1) is 5.82 Å². The van der Waals surface area contributed by atoms with Gasteiger partial charge < -0.3 is 14.6 Å². The summed E-state index contributed by atoms with van der Waals surface area (Å²) in [6.07, 6.45) is 0. The molecule has 8 heteroatoms. The van der Waals surface area contributed by atoms with E-state index in [4.69, 9.17) is 4.52 Å². The Morgan fingerprint density at radius 1 is 1.25 bits per heavy atom. The van der Waals surface area contributed by atoms with Gasteiger partial charge in [-0.1, -0.05) is 17.3 Å². The summed E-state index contributed by atoms with van der Waals surface area (Å²) in [5, 5.41) is 6.82. The number of anilines is 1. The molecule has 0 fully saturated rings. The highest BCUT2D eigenvalue weighted by atomic mass is 32.1. The number of methoxy groups -OCH3 is 1. The van der Waals surface area contributed by atoms with Crippen LogP contribution in [0.15, 0.2) is 47.0 Å². The number of aromatic nitrogens is 1. The molecule has 0 aliphatic heterocycles. The molecule has 0 aliphatic rings. The quantitative estimate of drug-likeness (QED) is 0.730. The monoisotopic (exact) mass is 346 g/mol. The van der Waals surface area contributed by atoms with Crippen LogP contribution in [0.5, 0.6) is 0 Å². The lowest BCUT2D eigenvalue weighted by Gasteiger charge is -1.97. The summed E-state index contributed by atoms with van der Waals surface area (Å²) in [6.45, 7) is 0. The lowest BCUT2D eigenvalue weighted by atomic mass is 10.1. The molecule has 0 aliphatic carbocycles. The number of carbonyl (C=O) groups excluding carboxylic acids is 2. The van der Waals surface area contributed by atoms with Gasteiger partial charge in [-0.05, 0) is 24.3 Å². The van der Waals surface area contributed by atoms with Crippen LogP contribution in [0.1, 0.15) is 20.2 Å². The van der Waals surface area contributed by atoms with Crippen LogP contribution in [-0.4, -0.2) is 24.1 Å². The number of nitrogens with zero attached hydrogens (tertiary/aromatic N) is 1. The second kappa shape index (κ2) is 6.63. The molecule has 24 heavy (non-hydrogen) atoms. The summed E-state index contributed by atoms with van der Waals surface area (Å²) in [4.78, 5) is 23.9. The Labute approximate surface area is 139 Å². The van der Waals surface area contributed by atoms with E-state index in [-0.39, 0.29) is 5.76 Å². The van der Waals surface area contributed by atoms with Crippen molar-refractivity contribution in [1.29, 1.82) is 0 Å². The molecular formula is C16H11FN2O4S. The van der Waals surface area contributed by atoms with Gasteiger partial charge in [0.1, 0.15) is 16.4 Å². The number of esters is 1. The van der Waals surface area contributed by atoms with E-state index in [1.165, 1.54) is 25.3 Å². The summed E-state index contributed by atoms with van der Waals surface area (Å²) >= 11 is 1.08. The minimum atomic E-state index is -0.525. The highest BCUT2D eigenvalue weighted by Crippen LogP contribution is 2.24. The molecule has 3 rings (SSSR count). The van der Waals surface area contributed by atoms with E-state index in [2.05, 4.69) is 15.2 Å². The zero-order valence-electron chi connectivity index (χ0n) is 12.4. The van der Waals surface area contributed by atoms with Crippen molar-refractivity contribution in [3.05, 3.63) is 58.9 Å². The fraction of sp³-hybridized carbons (Fsp3) is 0.0625. The number of hydrogen-bond acceptors (Lipinski definition) is 6. The lowest BCUT2D eigenvalue weighted by molar-refractivity contribution is 0.0606. The van der Waals surface area contributed by atoms with E-state index in [0.29, 0.717) is 21.1 Å². The van der Waals surface area contributed by atoms with Gasteiger partial charge in [-0.3, -0.25) is 4.79 Å². The standard InChI is InChI=1S/C16H11FN2O4S/c1-22-16(21)13-5-6-14(24-13)18-15(20)12-8-11(19-23-12)9-3-2-4-10(17)7-9/h2-8H,1H3,(H,18,20). The maximum Gasteiger partial charge on any atom is 0.348 e. The normalized spacial score (nSPS) is 10.4. The van der Waals surface area contributed by atoms with Crippen LogP contribution in [0.25, 0.3) is 11.3 Å². The number of rotatable bonds is 4. The molecule has 122 valence electrons. The Kier molecular flexibility index (Phi) is 4.39. The molecule has 0 spiro atoms. The molecular weight excluding hydrogens is 335 g/mol. The molecule has 1 N–H and O–H groups in total. The minimum absolute atomic E-state index is 0.0257. The van der Waals surface area contributed by atoms with Crippen molar-refractivity contribution < 1.29 is 23.2 Å². The molecule has 0 unspecified atom stereocenters. The second-order valence-corrected chi connectivity index (χ2v) is 5.78. The number of benzene rings is 1. The molecule has 0 radical (unpaired) electrons. The molecule has 3 aromatic rings. The first kappa shape index (κ1) is 15.9. The van der Waals surface area contributed by atoms with Gasteiger partial charge in [-0.15, -0.1) is 11.3 Å². The number of nitrogens with one attached hydrogen (secondary N) is 1. The molecule has 0 bridgehead atoms. The van der Waals surface area contributed by atoms with E-state index in [0.717, 1.165) is 11.3 Å². The van der Waals surface area contributed by atoms with Crippen molar-refractivity contribution in [3.8, 4) is 11.3 Å². The van der Waals surface area contributed by atoms with E-state index < -0.39 is 17.7 Å². The Morgan fingerprint density at radius 2 is 2.08 bits per heavy atom. The van der Waals surface area contributed by atoms with Crippen LogP contribution >= 0.6 is 11.3 Å². The summed E-state index contributed by atoms with van der Waals surface area (Å²) in [7, 11) is 1.28. The Hall–Kier alpha value is -3.00. The number of carbonyl (C=O) groups is 2. The van der Waals surface area contributed by atoms with Crippen LogP contribution in [0.2, 0.25) is 0 Å². The van der Waals surface area contributed by atoms with Crippen molar-refractivity contribution in [2.24, 2.45) is 0 Å². The van der Waals surface area contributed by atoms with E-state index >= 15 is 0 Å². The van der Waals surface area contributed by atoms with Gasteiger partial charge in [0.2, 0.25) is 5.76 Å². The second-order valence-electron chi connectivity index (χ2n) is 4.70. The maximum absolute atomic E-state index is 13.2. The van der Waals surface area contributed by atoms with Gasteiger partial charge in [-0.2, -0.15) is 0 Å². The number of thiophene rings is 1. The van der Waals surface area contributed by atoms with Gasteiger partial charge in [0.15, 0.2) is 0 Å². The number of hydrogen-bond donors (Lipinski definition) is 1. The lowest BCUT2D eigenvalue weighted by Crippen LogP contribution is -2.09. The Balaban J connectivity index is 1.74. The molecule has 6 nitrogen and oxygen atoms in total. The fourth-order valence-electron chi connectivity index (χ4n) is 1.95. The molecule has 0 saturated carbocycles. The summed E-state index contributed by atoms with van der Waals surface area (Å²) in [6, 6.07) is 10.3. The van der Waals surface area contributed by atoms with Crippen molar-refractivity contribution in [2.45, 2.75) is 0 Å². The topological polar surface area (TPSA) is 81.4 Å². The first-order valence-corrected chi connectivity index (χ1v) is 7.60. The fourth-order valence-corrected chi connectivity index (χ4v) is 2.77. The van der Waals surface area contributed by atoms with Crippen molar-refractivity contribution >= 4 is 28.2 Å². The maximum atomic E-state index is 13.2. The van der Waals surface area contributed by atoms with Gasteiger partial charge in [-0.25, -0.2) is 9.18 Å². The third-order valence-electron chi connectivity index (χ3n) is 3.08. The van der Waals surface area contributed by atoms with E-state index in [1.807, 2.05) is 0 Å². The van der Waals surface area contributed by atoms with E-state index in [9.17, 15) is 14.0 Å². The van der Waals surface area contributed by atoms with Crippen LogP contribution in [0.4, 0.5) is 9.39 Å². The molecule has 0 atom stereocenters. The largest absolute Gasteiger partial charge is 0.465 e. The van der Waals surface area contributed by atoms with Crippen LogP contribution in [0.3, 0.4) is 0 Å². The number of ether oxygens (including phenoxy) is 1. The zero-order valence-corrected chi connectivity index (χ0v) is 13.2. The summed E-state index contributed by atoms with van der Waals surface area (Å²) in [5.41, 5.74) is 0.850. The Morgan fingerprint density at radius 3 is 2.83 bits per heavy atom. The molecule has 2 aromatic heterocycles. The van der Waals surface area contributed by atoms with Gasteiger partial charge in [0.05, 0.1) is 12.1 Å². The first-order valence-electron chi connectivity index (χ1n) is 6.79. The predicted octanol–water partition coefficient (Wildman–Crippen LogP) is 3.58. The average Bonchev–Trinajstić information content (AvgIpc) is 3.23. The van der Waals surface area contributed by atoms with Gasteiger partial charge in [0.25, 0.3) is 5.91 Å². The van der Waals surface area contributed by atoms with Gasteiger partial charge >= 0.3 is 5.97 Å². The summed E-state index contributed by atoms with van der Waals surface area (Å²) in [5.74, 6) is -1.44. The average molecular weight is 346 g/mol. The smallest absolute Gasteiger partial charge is 0.348 e. The highest BCUT2D eigenvalue weighted by Gasteiger charge is 2.16. The zero-order chi connectivity index (χ0) is 17.1. The predicted molar refractivity (Wildman–Crippen MR) is 85.5 cm³/mol. The summed E-state index contributed by atoms with van der Waals surface area (Å²) < 4.78 is 22.8. The van der Waals surface area contributed by atoms with Crippen molar-refractivity contribution in [2.75, 3.05) is 12.4 Å².